The minimum absolute atomic E-state index is 0.0357. The largest absolute Gasteiger partial charge is 0.357 e. The van der Waals surface area contributed by atoms with Gasteiger partial charge in [0.2, 0.25) is 0 Å². The summed E-state index contributed by atoms with van der Waals surface area (Å²) in [7, 11) is 0. The van der Waals surface area contributed by atoms with E-state index < -0.39 is 0 Å². The number of aromatic nitrogens is 1. The molecule has 2 aromatic rings. The first-order valence-electron chi connectivity index (χ1n) is 7.81. The van der Waals surface area contributed by atoms with Gasteiger partial charge in [0.25, 0.3) is 0 Å². The Hall–Kier alpha value is -2.04. The van der Waals surface area contributed by atoms with Gasteiger partial charge < -0.3 is 15.2 Å². The Morgan fingerprint density at radius 2 is 2.23 bits per heavy atom. The second-order valence-corrected chi connectivity index (χ2v) is 6.40. The lowest BCUT2D eigenvalue weighted by Gasteiger charge is -2.38. The first-order valence-corrected chi connectivity index (χ1v) is 7.81. The molecule has 0 aliphatic carbocycles. The third kappa shape index (κ3) is 2.67. The molecule has 0 spiro atoms. The standard InChI is InChI=1S/C17H22FN3O/c1-10(2)14-8-16-12(7-15(14)18)6-13(20-16)9-19-17(22)21-5-4-11(21)3/h6-8,10-11,20H,4-5,9H2,1-3H3,(H,19,22). The number of hydrogen-bond acceptors (Lipinski definition) is 1. The van der Waals surface area contributed by atoms with Crippen LogP contribution < -0.4 is 5.32 Å². The number of aromatic amines is 1. The maximum atomic E-state index is 14.0. The van der Waals surface area contributed by atoms with E-state index in [1.165, 1.54) is 0 Å². The lowest BCUT2D eigenvalue weighted by molar-refractivity contribution is 0.124. The molecule has 0 radical (unpaired) electrons. The number of nitrogens with one attached hydrogen (secondary N) is 2. The van der Waals surface area contributed by atoms with Crippen molar-refractivity contribution in [2.24, 2.45) is 0 Å². The highest BCUT2D eigenvalue weighted by atomic mass is 19.1. The molecule has 1 aliphatic heterocycles. The topological polar surface area (TPSA) is 48.1 Å². The molecule has 118 valence electrons. The molecule has 1 aliphatic rings. The molecule has 1 aromatic heterocycles. The van der Waals surface area contributed by atoms with Gasteiger partial charge in [-0.05, 0) is 43.0 Å². The van der Waals surface area contributed by atoms with Gasteiger partial charge in [-0.2, -0.15) is 0 Å². The zero-order chi connectivity index (χ0) is 15.9. The van der Waals surface area contributed by atoms with E-state index in [1.807, 2.05) is 37.8 Å². The summed E-state index contributed by atoms with van der Waals surface area (Å²) in [4.78, 5) is 17.0. The van der Waals surface area contributed by atoms with Crippen LogP contribution >= 0.6 is 0 Å². The summed E-state index contributed by atoms with van der Waals surface area (Å²) in [6, 6.07) is 5.60. The molecular formula is C17H22FN3O. The molecule has 2 heterocycles. The monoisotopic (exact) mass is 303 g/mol. The molecule has 0 bridgehead atoms. The van der Waals surface area contributed by atoms with Gasteiger partial charge in [-0.1, -0.05) is 13.8 Å². The minimum atomic E-state index is -0.175. The maximum Gasteiger partial charge on any atom is 0.317 e. The fourth-order valence-corrected chi connectivity index (χ4v) is 2.86. The van der Waals surface area contributed by atoms with E-state index in [0.717, 1.165) is 29.6 Å². The quantitative estimate of drug-likeness (QED) is 0.891. The number of halogens is 1. The van der Waals surface area contributed by atoms with Crippen molar-refractivity contribution in [3.05, 3.63) is 35.3 Å². The first kappa shape index (κ1) is 14.9. The van der Waals surface area contributed by atoms with E-state index in [4.69, 9.17) is 0 Å². The minimum Gasteiger partial charge on any atom is -0.357 e. The molecule has 2 N–H and O–H groups in total. The fourth-order valence-electron chi connectivity index (χ4n) is 2.86. The van der Waals surface area contributed by atoms with Crippen LogP contribution in [0.15, 0.2) is 18.2 Å². The molecule has 1 atom stereocenters. The summed E-state index contributed by atoms with van der Waals surface area (Å²) < 4.78 is 14.0. The van der Waals surface area contributed by atoms with E-state index >= 15 is 0 Å². The number of benzene rings is 1. The summed E-state index contributed by atoms with van der Waals surface area (Å²) in [6.45, 7) is 7.24. The van der Waals surface area contributed by atoms with E-state index in [0.29, 0.717) is 18.2 Å². The van der Waals surface area contributed by atoms with Gasteiger partial charge in [-0.15, -0.1) is 0 Å². The molecule has 0 saturated carbocycles. The smallest absolute Gasteiger partial charge is 0.317 e. The van der Waals surface area contributed by atoms with Crippen LogP contribution in [0.4, 0.5) is 9.18 Å². The van der Waals surface area contributed by atoms with Crippen molar-refractivity contribution in [2.45, 2.75) is 45.7 Å². The molecule has 1 aromatic carbocycles. The van der Waals surface area contributed by atoms with Crippen LogP contribution in [-0.4, -0.2) is 28.5 Å². The highest BCUT2D eigenvalue weighted by Gasteiger charge is 2.27. The number of fused-ring (bicyclic) bond motifs is 1. The van der Waals surface area contributed by atoms with Gasteiger partial charge in [0.05, 0.1) is 6.54 Å². The van der Waals surface area contributed by atoms with Gasteiger partial charge in [0.1, 0.15) is 5.82 Å². The fraction of sp³-hybridized carbons (Fsp3) is 0.471. The number of rotatable bonds is 3. The molecule has 1 fully saturated rings. The zero-order valence-corrected chi connectivity index (χ0v) is 13.2. The summed E-state index contributed by atoms with van der Waals surface area (Å²) in [5.74, 6) is -0.0322. The van der Waals surface area contributed by atoms with Crippen LogP contribution in [0.25, 0.3) is 10.9 Å². The second-order valence-electron chi connectivity index (χ2n) is 6.40. The van der Waals surface area contributed by atoms with Crippen molar-refractivity contribution in [1.29, 1.82) is 0 Å². The average Bonchev–Trinajstić information content (AvgIpc) is 2.84. The Balaban J connectivity index is 1.73. The first-order chi connectivity index (χ1) is 10.5. The number of amides is 2. The number of H-pyrrole nitrogens is 1. The highest BCUT2D eigenvalue weighted by Crippen LogP contribution is 2.25. The van der Waals surface area contributed by atoms with Crippen molar-refractivity contribution >= 4 is 16.9 Å². The number of carbonyl (C=O) groups is 1. The third-order valence-corrected chi connectivity index (χ3v) is 4.43. The molecule has 3 rings (SSSR count). The number of likely N-dealkylation sites (tertiary alicyclic amines) is 1. The summed E-state index contributed by atoms with van der Waals surface area (Å²) >= 11 is 0. The number of carbonyl (C=O) groups excluding carboxylic acids is 1. The van der Waals surface area contributed by atoms with Crippen LogP contribution in [-0.2, 0) is 6.54 Å². The summed E-state index contributed by atoms with van der Waals surface area (Å²) in [5.41, 5.74) is 2.50. The average molecular weight is 303 g/mol. The Morgan fingerprint density at radius 3 is 2.82 bits per heavy atom. The van der Waals surface area contributed by atoms with Crippen LogP contribution in [0.2, 0.25) is 0 Å². The van der Waals surface area contributed by atoms with Gasteiger partial charge in [0, 0.05) is 29.2 Å². The van der Waals surface area contributed by atoms with Crippen LogP contribution in [0.1, 0.15) is 44.4 Å². The Bertz CT molecular complexity index is 707. The molecule has 2 amide bonds. The van der Waals surface area contributed by atoms with Gasteiger partial charge >= 0.3 is 6.03 Å². The van der Waals surface area contributed by atoms with E-state index in [-0.39, 0.29) is 17.8 Å². The number of urea groups is 1. The van der Waals surface area contributed by atoms with Crippen LogP contribution in [0, 0.1) is 5.82 Å². The van der Waals surface area contributed by atoms with E-state index in [9.17, 15) is 9.18 Å². The SMILES string of the molecule is CC(C)c1cc2[nH]c(CNC(=O)N3CCC3C)cc2cc1F. The molecule has 1 saturated heterocycles. The van der Waals surface area contributed by atoms with Gasteiger partial charge in [-0.25, -0.2) is 9.18 Å². The van der Waals surface area contributed by atoms with Crippen molar-refractivity contribution in [2.75, 3.05) is 6.54 Å². The maximum absolute atomic E-state index is 14.0. The highest BCUT2D eigenvalue weighted by molar-refractivity contribution is 5.82. The normalized spacial score (nSPS) is 17.9. The van der Waals surface area contributed by atoms with E-state index in [1.54, 1.807) is 6.07 Å². The van der Waals surface area contributed by atoms with Crippen molar-refractivity contribution < 1.29 is 9.18 Å². The number of hydrogen-bond donors (Lipinski definition) is 2. The number of nitrogens with zero attached hydrogens (tertiary/aromatic N) is 1. The molecule has 4 nitrogen and oxygen atoms in total. The summed E-state index contributed by atoms with van der Waals surface area (Å²) in [6.07, 6.45) is 1.07. The second kappa shape index (κ2) is 5.63. The molecule has 22 heavy (non-hydrogen) atoms. The van der Waals surface area contributed by atoms with E-state index in [2.05, 4.69) is 10.3 Å². The lowest BCUT2D eigenvalue weighted by atomic mass is 10.0. The zero-order valence-electron chi connectivity index (χ0n) is 13.2. The third-order valence-electron chi connectivity index (χ3n) is 4.43. The van der Waals surface area contributed by atoms with Crippen molar-refractivity contribution in [3.63, 3.8) is 0 Å². The predicted molar refractivity (Wildman–Crippen MR) is 85.4 cm³/mol. The predicted octanol–water partition coefficient (Wildman–Crippen LogP) is 3.73. The Labute approximate surface area is 129 Å². The lowest BCUT2D eigenvalue weighted by Crippen LogP contribution is -2.53. The Kier molecular flexibility index (Phi) is 3.81. The Morgan fingerprint density at radius 1 is 1.45 bits per heavy atom. The van der Waals surface area contributed by atoms with Crippen LogP contribution in [0.5, 0.6) is 0 Å². The molecule has 5 heteroatoms. The van der Waals surface area contributed by atoms with Gasteiger partial charge in [-0.3, -0.25) is 0 Å². The molecular weight excluding hydrogens is 281 g/mol. The van der Waals surface area contributed by atoms with Crippen molar-refractivity contribution in [1.82, 2.24) is 15.2 Å². The van der Waals surface area contributed by atoms with Crippen molar-refractivity contribution in [3.8, 4) is 0 Å². The van der Waals surface area contributed by atoms with Gasteiger partial charge in [0.15, 0.2) is 0 Å². The molecule has 1 unspecified atom stereocenters. The summed E-state index contributed by atoms with van der Waals surface area (Å²) in [5, 5.41) is 3.74. The van der Waals surface area contributed by atoms with Crippen LogP contribution in [0.3, 0.4) is 0 Å².